The van der Waals surface area contributed by atoms with Crippen molar-refractivity contribution in [2.45, 2.75) is 44.6 Å². The van der Waals surface area contributed by atoms with Crippen LogP contribution >= 0.6 is 11.3 Å². The predicted octanol–water partition coefficient (Wildman–Crippen LogP) is 3.30. The first kappa shape index (κ1) is 27.8. The van der Waals surface area contributed by atoms with Crippen LogP contribution in [0, 0.1) is 0 Å². The van der Waals surface area contributed by atoms with Crippen LogP contribution in [0.5, 0.6) is 0 Å². The van der Waals surface area contributed by atoms with Gasteiger partial charge in [0.25, 0.3) is 11.8 Å². The number of thiophene rings is 1. The minimum absolute atomic E-state index is 0.0989. The number of carbonyl (C=O) groups is 3. The lowest BCUT2D eigenvalue weighted by atomic mass is 10.0. The fraction of sp³-hybridized carbons (Fsp3) is 0.458. The highest BCUT2D eigenvalue weighted by molar-refractivity contribution is 7.89. The molecule has 0 fully saturated rings. The molecule has 2 aromatic rings. The van der Waals surface area contributed by atoms with Crippen molar-refractivity contribution in [2.24, 2.45) is 0 Å². The number of sulfonamides is 1. The van der Waals surface area contributed by atoms with E-state index in [0.717, 1.165) is 29.8 Å². The van der Waals surface area contributed by atoms with E-state index < -0.39 is 27.9 Å². The molecule has 1 aliphatic rings. The number of nitrogens with one attached hydrogen (secondary N) is 2. The number of nitrogens with zero attached hydrogens (tertiary/aromatic N) is 2. The zero-order valence-corrected chi connectivity index (χ0v) is 22.6. The normalized spacial score (nSPS) is 13.8. The zero-order chi connectivity index (χ0) is 26.5. The third-order valence-electron chi connectivity index (χ3n) is 5.84. The Labute approximate surface area is 215 Å². The smallest absolute Gasteiger partial charge is 0.414 e. The van der Waals surface area contributed by atoms with Crippen LogP contribution in [0.15, 0.2) is 29.2 Å². The van der Waals surface area contributed by atoms with Crippen LogP contribution in [0.2, 0.25) is 0 Å². The van der Waals surface area contributed by atoms with E-state index >= 15 is 0 Å². The van der Waals surface area contributed by atoms with Crippen molar-refractivity contribution < 1.29 is 27.5 Å². The number of likely N-dealkylation sites (N-methyl/N-ethyl adjacent to an activating group) is 1. The second-order valence-electron chi connectivity index (χ2n) is 8.53. The van der Waals surface area contributed by atoms with E-state index in [-0.39, 0.29) is 22.6 Å². The largest absolute Gasteiger partial charge is 0.450 e. The Morgan fingerprint density at radius 3 is 2.47 bits per heavy atom. The van der Waals surface area contributed by atoms with Crippen LogP contribution in [-0.2, 0) is 27.7 Å². The van der Waals surface area contributed by atoms with Crippen molar-refractivity contribution in [1.82, 2.24) is 14.5 Å². The Balaban J connectivity index is 1.84. The van der Waals surface area contributed by atoms with Gasteiger partial charge < -0.3 is 15.0 Å². The number of alkyl carbamates (subject to hydrolysis) is 1. The number of hydrogen-bond donors (Lipinski definition) is 2. The molecule has 1 aromatic heterocycles. The molecule has 3 amide bonds. The van der Waals surface area contributed by atoms with Gasteiger partial charge in [-0.1, -0.05) is 13.3 Å². The number of anilines is 1. The van der Waals surface area contributed by atoms with Gasteiger partial charge in [0.05, 0.1) is 17.1 Å². The molecule has 2 heterocycles. The highest BCUT2D eigenvalue weighted by Crippen LogP contribution is 2.37. The lowest BCUT2D eigenvalue weighted by Crippen LogP contribution is -2.33. The molecule has 1 aromatic carbocycles. The predicted molar refractivity (Wildman–Crippen MR) is 138 cm³/mol. The number of fused-ring (bicyclic) bond motifs is 1. The maximum absolute atomic E-state index is 13.0. The highest BCUT2D eigenvalue weighted by atomic mass is 32.2. The quantitative estimate of drug-likeness (QED) is 0.504. The molecule has 0 spiro atoms. The molecule has 0 radical (unpaired) electrons. The van der Waals surface area contributed by atoms with E-state index in [0.29, 0.717) is 24.5 Å². The van der Waals surface area contributed by atoms with Crippen LogP contribution in [0.4, 0.5) is 9.80 Å². The van der Waals surface area contributed by atoms with E-state index in [1.807, 2.05) is 14.0 Å². The average Bonchev–Trinajstić information content (AvgIpc) is 3.19. The molecule has 0 atom stereocenters. The summed E-state index contributed by atoms with van der Waals surface area (Å²) in [4.78, 5) is 40.9. The average molecular weight is 537 g/mol. The molecule has 0 saturated carbocycles. The standard InChI is InChI=1S/C24H32N4O6S2/c1-5-7-13-28(4)36(32,33)17-10-8-16(9-11-17)21(29)25-23-20(22(30)26-24(31)34-6-2)18-12-14-27(3)15-19(18)35-23/h8-11H,5-7,12-15H2,1-4H3,(H,25,29)(H,26,30,31). The number of unbranched alkanes of at least 4 members (excludes halogenated alkanes) is 1. The molecular weight excluding hydrogens is 504 g/mol. The Hall–Kier alpha value is -2.80. The number of imide groups is 1. The summed E-state index contributed by atoms with van der Waals surface area (Å²) in [6, 6.07) is 5.68. The van der Waals surface area contributed by atoms with Gasteiger partial charge in [-0.15, -0.1) is 11.3 Å². The summed E-state index contributed by atoms with van der Waals surface area (Å²) in [5, 5.41) is 5.33. The van der Waals surface area contributed by atoms with E-state index in [2.05, 4.69) is 15.5 Å². The fourth-order valence-electron chi connectivity index (χ4n) is 3.82. The van der Waals surface area contributed by atoms with Crippen LogP contribution in [0.1, 0.15) is 57.8 Å². The molecule has 196 valence electrons. The Morgan fingerprint density at radius 2 is 1.83 bits per heavy atom. The summed E-state index contributed by atoms with van der Waals surface area (Å²) in [5.41, 5.74) is 1.29. The Bertz CT molecular complexity index is 1220. The van der Waals surface area contributed by atoms with Crippen molar-refractivity contribution in [3.63, 3.8) is 0 Å². The van der Waals surface area contributed by atoms with E-state index in [1.54, 1.807) is 6.92 Å². The summed E-state index contributed by atoms with van der Waals surface area (Å²) in [7, 11) is -0.153. The zero-order valence-electron chi connectivity index (χ0n) is 20.9. The first-order valence-corrected chi connectivity index (χ1v) is 14.0. The van der Waals surface area contributed by atoms with Gasteiger partial charge in [0.1, 0.15) is 5.00 Å². The second-order valence-corrected chi connectivity index (χ2v) is 11.7. The molecule has 2 N–H and O–H groups in total. The topological polar surface area (TPSA) is 125 Å². The van der Waals surface area contributed by atoms with Crippen molar-refractivity contribution in [1.29, 1.82) is 0 Å². The minimum atomic E-state index is -3.65. The molecule has 3 rings (SSSR count). The molecule has 36 heavy (non-hydrogen) atoms. The molecule has 0 saturated heterocycles. The van der Waals surface area contributed by atoms with Crippen molar-refractivity contribution >= 4 is 44.3 Å². The molecule has 10 nitrogen and oxygen atoms in total. The minimum Gasteiger partial charge on any atom is -0.450 e. The van der Waals surface area contributed by atoms with Crippen molar-refractivity contribution in [3.05, 3.63) is 45.8 Å². The van der Waals surface area contributed by atoms with Gasteiger partial charge in [-0.3, -0.25) is 14.9 Å². The SMILES string of the molecule is CCCCN(C)S(=O)(=O)c1ccc(C(=O)Nc2sc3c(c2C(=O)NC(=O)OCC)CCN(C)C3)cc1. The Kier molecular flexibility index (Phi) is 9.23. The Morgan fingerprint density at radius 1 is 1.14 bits per heavy atom. The van der Waals surface area contributed by atoms with E-state index in [9.17, 15) is 22.8 Å². The van der Waals surface area contributed by atoms with Crippen LogP contribution < -0.4 is 10.6 Å². The number of carbonyl (C=O) groups excluding carboxylic acids is 3. The first-order valence-electron chi connectivity index (χ1n) is 11.8. The molecule has 1 aliphatic heterocycles. The van der Waals surface area contributed by atoms with E-state index in [1.165, 1.54) is 47.0 Å². The van der Waals surface area contributed by atoms with Gasteiger partial charge >= 0.3 is 6.09 Å². The van der Waals surface area contributed by atoms with Crippen LogP contribution in [0.25, 0.3) is 0 Å². The van der Waals surface area contributed by atoms with Crippen molar-refractivity contribution in [3.8, 4) is 0 Å². The van der Waals surface area contributed by atoms with Gasteiger partial charge in [-0.2, -0.15) is 0 Å². The highest BCUT2D eigenvalue weighted by Gasteiger charge is 2.29. The fourth-order valence-corrected chi connectivity index (χ4v) is 6.35. The summed E-state index contributed by atoms with van der Waals surface area (Å²) in [5.74, 6) is -1.13. The molecule has 0 aliphatic carbocycles. The molecule has 12 heteroatoms. The third kappa shape index (κ3) is 6.30. The summed E-state index contributed by atoms with van der Waals surface area (Å²) < 4.78 is 31.6. The van der Waals surface area contributed by atoms with Crippen LogP contribution in [0.3, 0.4) is 0 Å². The van der Waals surface area contributed by atoms with Gasteiger partial charge in [0, 0.05) is 37.1 Å². The summed E-state index contributed by atoms with van der Waals surface area (Å²) >= 11 is 1.29. The number of rotatable bonds is 9. The molecular formula is C24H32N4O6S2. The van der Waals surface area contributed by atoms with Crippen LogP contribution in [-0.4, -0.2) is 69.3 Å². The summed E-state index contributed by atoms with van der Waals surface area (Å²) in [6.07, 6.45) is 1.37. The van der Waals surface area contributed by atoms with Gasteiger partial charge in [0.15, 0.2) is 0 Å². The monoisotopic (exact) mass is 536 g/mol. The number of benzene rings is 1. The lowest BCUT2D eigenvalue weighted by molar-refractivity contribution is 0.0924. The number of amides is 3. The second kappa shape index (κ2) is 12.0. The number of ether oxygens (including phenoxy) is 1. The van der Waals surface area contributed by atoms with Gasteiger partial charge in [-0.05, 0) is 56.6 Å². The maximum Gasteiger partial charge on any atom is 0.414 e. The lowest BCUT2D eigenvalue weighted by Gasteiger charge is -2.22. The first-order chi connectivity index (χ1) is 17.1. The number of hydrogen-bond acceptors (Lipinski definition) is 8. The van der Waals surface area contributed by atoms with Crippen molar-refractivity contribution in [2.75, 3.05) is 39.1 Å². The molecule has 0 unspecified atom stereocenters. The molecule has 0 bridgehead atoms. The summed E-state index contributed by atoms with van der Waals surface area (Å²) in [6.45, 7) is 5.51. The van der Waals surface area contributed by atoms with Gasteiger partial charge in [-0.25, -0.2) is 17.5 Å². The third-order valence-corrected chi connectivity index (χ3v) is 8.85. The maximum atomic E-state index is 13.0. The van der Waals surface area contributed by atoms with E-state index in [4.69, 9.17) is 4.74 Å². The van der Waals surface area contributed by atoms with Gasteiger partial charge in [0.2, 0.25) is 10.0 Å².